The van der Waals surface area contributed by atoms with Crippen molar-refractivity contribution in [1.82, 2.24) is 0 Å². The van der Waals surface area contributed by atoms with E-state index in [0.717, 1.165) is 7.11 Å². The van der Waals surface area contributed by atoms with Crippen molar-refractivity contribution < 1.29 is 19.7 Å². The Labute approximate surface area is 54.1 Å². The highest BCUT2D eigenvalue weighted by Gasteiger charge is 1.91. The molecule has 0 aromatic heterocycles. The summed E-state index contributed by atoms with van der Waals surface area (Å²) >= 11 is 0. The zero-order chi connectivity index (χ0) is 7.70. The number of carboxylic acids is 1. The molecule has 0 saturated carbocycles. The lowest BCUT2D eigenvalue weighted by molar-refractivity contribution is -0.137. The third kappa shape index (κ3) is 18.7. The Bertz CT molecular complexity index is 62.0. The largest absolute Gasteiger partial charge is 0.481 e. The van der Waals surface area contributed by atoms with Crippen LogP contribution in [0.1, 0.15) is 6.42 Å². The SMILES string of the molecule is CO.COCCC(=O)O. The fourth-order valence-corrected chi connectivity index (χ4v) is 0.189. The van der Waals surface area contributed by atoms with Crippen LogP contribution < -0.4 is 0 Å². The molecule has 0 spiro atoms. The van der Waals surface area contributed by atoms with Crippen molar-refractivity contribution in [2.45, 2.75) is 6.42 Å². The summed E-state index contributed by atoms with van der Waals surface area (Å²) in [5, 5.41) is 15.0. The maximum Gasteiger partial charge on any atom is 0.305 e. The molecular formula is C5H12O4. The number of ether oxygens (including phenoxy) is 1. The Morgan fingerprint density at radius 1 is 1.56 bits per heavy atom. The number of aliphatic hydroxyl groups is 1. The topological polar surface area (TPSA) is 66.8 Å². The van der Waals surface area contributed by atoms with Gasteiger partial charge in [0.1, 0.15) is 0 Å². The van der Waals surface area contributed by atoms with Crippen LogP contribution in [0.3, 0.4) is 0 Å². The van der Waals surface area contributed by atoms with Crippen molar-refractivity contribution >= 4 is 5.97 Å². The van der Waals surface area contributed by atoms with E-state index in [1.165, 1.54) is 7.11 Å². The van der Waals surface area contributed by atoms with E-state index in [4.69, 9.17) is 10.2 Å². The predicted molar refractivity (Wildman–Crippen MR) is 32.3 cm³/mol. The summed E-state index contributed by atoms with van der Waals surface area (Å²) < 4.78 is 4.47. The lowest BCUT2D eigenvalue weighted by atomic mass is 10.5. The quantitative estimate of drug-likeness (QED) is 0.559. The molecule has 2 N–H and O–H groups in total. The van der Waals surface area contributed by atoms with Crippen molar-refractivity contribution in [3.63, 3.8) is 0 Å². The molecule has 0 aromatic carbocycles. The highest BCUT2D eigenvalue weighted by molar-refractivity contribution is 5.66. The number of carboxylic acid groups (broad SMARTS) is 1. The lowest BCUT2D eigenvalue weighted by Gasteiger charge is -1.88. The van der Waals surface area contributed by atoms with Crippen LogP contribution in [0.5, 0.6) is 0 Å². The normalized spacial score (nSPS) is 7.44. The van der Waals surface area contributed by atoms with E-state index in [2.05, 4.69) is 4.74 Å². The number of aliphatic carboxylic acids is 1. The fourth-order valence-electron chi connectivity index (χ4n) is 0.189. The van der Waals surface area contributed by atoms with E-state index >= 15 is 0 Å². The van der Waals surface area contributed by atoms with Gasteiger partial charge in [0.15, 0.2) is 0 Å². The molecule has 0 heterocycles. The molecule has 0 aliphatic heterocycles. The minimum absolute atomic E-state index is 0.0938. The van der Waals surface area contributed by atoms with Crippen LogP contribution in [-0.2, 0) is 9.53 Å². The molecule has 0 saturated heterocycles. The molecule has 0 amide bonds. The van der Waals surface area contributed by atoms with Crippen LogP contribution in [0.25, 0.3) is 0 Å². The highest BCUT2D eigenvalue weighted by atomic mass is 16.5. The van der Waals surface area contributed by atoms with Crippen molar-refractivity contribution in [1.29, 1.82) is 0 Å². The van der Waals surface area contributed by atoms with Gasteiger partial charge in [0.05, 0.1) is 13.0 Å². The van der Waals surface area contributed by atoms with Crippen LogP contribution >= 0.6 is 0 Å². The second kappa shape index (κ2) is 10.4. The van der Waals surface area contributed by atoms with E-state index in [0.29, 0.717) is 6.61 Å². The molecule has 0 rings (SSSR count). The molecule has 4 heteroatoms. The molecule has 4 nitrogen and oxygen atoms in total. The van der Waals surface area contributed by atoms with Gasteiger partial charge in [0.2, 0.25) is 0 Å². The molecule has 0 aliphatic carbocycles. The van der Waals surface area contributed by atoms with Crippen LogP contribution in [0.15, 0.2) is 0 Å². The summed E-state index contributed by atoms with van der Waals surface area (Å²) in [6, 6.07) is 0. The van der Waals surface area contributed by atoms with Crippen molar-refractivity contribution in [2.24, 2.45) is 0 Å². The number of hydrogen-bond acceptors (Lipinski definition) is 3. The molecule has 0 atom stereocenters. The first kappa shape index (κ1) is 11.2. The first-order valence-corrected chi connectivity index (χ1v) is 2.43. The van der Waals surface area contributed by atoms with Crippen LogP contribution in [0.4, 0.5) is 0 Å². The molecule has 9 heavy (non-hydrogen) atoms. The average Bonchev–Trinajstić information content (AvgIpc) is 1.88. The van der Waals surface area contributed by atoms with Gasteiger partial charge in [0.25, 0.3) is 0 Å². The Kier molecular flexibility index (Phi) is 13.0. The molecule has 0 radical (unpaired) electrons. The monoisotopic (exact) mass is 136 g/mol. The molecule has 0 fully saturated rings. The molecule has 0 aliphatic rings. The second-order valence-electron chi connectivity index (χ2n) is 1.14. The number of carbonyl (C=O) groups is 1. The lowest BCUT2D eigenvalue weighted by Crippen LogP contribution is -1.99. The minimum atomic E-state index is -0.818. The number of hydrogen-bond donors (Lipinski definition) is 2. The van der Waals surface area contributed by atoms with Crippen molar-refractivity contribution in [2.75, 3.05) is 20.8 Å². The molecule has 0 bridgehead atoms. The van der Waals surface area contributed by atoms with Crippen LogP contribution in [-0.4, -0.2) is 37.0 Å². The third-order valence-corrected chi connectivity index (χ3v) is 0.520. The molecule has 0 aromatic rings. The van der Waals surface area contributed by atoms with Crippen LogP contribution in [0, 0.1) is 0 Å². The highest BCUT2D eigenvalue weighted by Crippen LogP contribution is 1.76. The van der Waals surface area contributed by atoms with E-state index in [1.54, 1.807) is 0 Å². The summed E-state index contributed by atoms with van der Waals surface area (Å²) in [5.41, 5.74) is 0. The van der Waals surface area contributed by atoms with Gasteiger partial charge in [-0.3, -0.25) is 4.79 Å². The second-order valence-corrected chi connectivity index (χ2v) is 1.14. The molecule has 0 unspecified atom stereocenters. The summed E-state index contributed by atoms with van der Waals surface area (Å²) in [6.45, 7) is 0.301. The minimum Gasteiger partial charge on any atom is -0.481 e. The molecule has 56 valence electrons. The summed E-state index contributed by atoms with van der Waals surface area (Å²) in [6.07, 6.45) is 0.0938. The van der Waals surface area contributed by atoms with Crippen molar-refractivity contribution in [3.05, 3.63) is 0 Å². The summed E-state index contributed by atoms with van der Waals surface area (Å²) in [7, 11) is 2.48. The average molecular weight is 136 g/mol. The van der Waals surface area contributed by atoms with Crippen LogP contribution in [0.2, 0.25) is 0 Å². The zero-order valence-electron chi connectivity index (χ0n) is 5.63. The number of aliphatic hydroxyl groups excluding tert-OH is 1. The Morgan fingerprint density at radius 3 is 2.11 bits per heavy atom. The summed E-state index contributed by atoms with van der Waals surface area (Å²) in [4.78, 5) is 9.68. The standard InChI is InChI=1S/C4H8O3.CH4O/c1-7-3-2-4(5)6;1-2/h2-3H2,1H3,(H,5,6);2H,1H3. The van der Waals surface area contributed by atoms with Gasteiger partial charge in [-0.1, -0.05) is 0 Å². The smallest absolute Gasteiger partial charge is 0.305 e. The first-order valence-electron chi connectivity index (χ1n) is 2.43. The summed E-state index contributed by atoms with van der Waals surface area (Å²) in [5.74, 6) is -0.818. The number of rotatable bonds is 3. The Hall–Kier alpha value is -0.610. The van der Waals surface area contributed by atoms with Gasteiger partial charge in [0, 0.05) is 14.2 Å². The van der Waals surface area contributed by atoms with Gasteiger partial charge in [-0.2, -0.15) is 0 Å². The van der Waals surface area contributed by atoms with Gasteiger partial charge in [-0.25, -0.2) is 0 Å². The predicted octanol–water partition coefficient (Wildman–Crippen LogP) is -0.284. The molecular weight excluding hydrogens is 124 g/mol. The van der Waals surface area contributed by atoms with Crippen molar-refractivity contribution in [3.8, 4) is 0 Å². The Morgan fingerprint density at radius 2 is 2.00 bits per heavy atom. The van der Waals surface area contributed by atoms with Gasteiger partial charge < -0.3 is 14.9 Å². The van der Waals surface area contributed by atoms with E-state index in [1.807, 2.05) is 0 Å². The van der Waals surface area contributed by atoms with E-state index in [-0.39, 0.29) is 6.42 Å². The van der Waals surface area contributed by atoms with Gasteiger partial charge in [-0.15, -0.1) is 0 Å². The van der Waals surface area contributed by atoms with E-state index in [9.17, 15) is 4.79 Å². The van der Waals surface area contributed by atoms with Gasteiger partial charge in [-0.05, 0) is 0 Å². The Balaban J connectivity index is 0. The van der Waals surface area contributed by atoms with Gasteiger partial charge >= 0.3 is 5.97 Å². The zero-order valence-corrected chi connectivity index (χ0v) is 5.63. The number of methoxy groups -OCH3 is 1. The maximum absolute atomic E-state index is 9.68. The fraction of sp³-hybridized carbons (Fsp3) is 0.800. The maximum atomic E-state index is 9.68. The van der Waals surface area contributed by atoms with E-state index < -0.39 is 5.97 Å². The first-order chi connectivity index (χ1) is 4.27. The third-order valence-electron chi connectivity index (χ3n) is 0.520.